The molecular weight excluding hydrogens is 1700 g/mol. The molecule has 0 aliphatic carbocycles. The fourth-order valence-corrected chi connectivity index (χ4v) is 23.6. The Morgan fingerprint density at radius 3 is 0.845 bits per heavy atom. The smallest absolute Gasteiger partial charge is 0.265 e. The van der Waals surface area contributed by atoms with Crippen LogP contribution in [0.4, 0.5) is 0 Å². The molecule has 2 saturated heterocycles. The van der Waals surface area contributed by atoms with Crippen molar-refractivity contribution in [1.29, 1.82) is 0 Å². The largest absolute Gasteiger partial charge is 0.379 e. The first-order chi connectivity index (χ1) is 48.2. The predicted molar refractivity (Wildman–Crippen MR) is 405 cm³/mol. The van der Waals surface area contributed by atoms with Gasteiger partial charge in [0, 0.05) is 98.9 Å². The van der Waals surface area contributed by atoms with Gasteiger partial charge in [-0.3, -0.25) is 36.4 Å². The molecule has 9 atom stereocenters. The Hall–Kier alpha value is 1.64. The van der Waals surface area contributed by atoms with E-state index in [2.05, 4.69) is 0 Å². The highest BCUT2D eigenvalue weighted by Crippen LogP contribution is 2.42. The Balaban J connectivity index is 3.01. The van der Waals surface area contributed by atoms with Crippen LogP contribution in [0.15, 0.2) is 0 Å². The summed E-state index contributed by atoms with van der Waals surface area (Å²) in [5.74, 6) is -3.18. The van der Waals surface area contributed by atoms with Crippen molar-refractivity contribution in [3.05, 3.63) is 0 Å². The lowest BCUT2D eigenvalue weighted by Gasteiger charge is -2.48. The molecule has 103 heavy (non-hydrogen) atoms. The number of rotatable bonds is 69. The summed E-state index contributed by atoms with van der Waals surface area (Å²) >= 11 is 9.74. The predicted octanol–water partition coefficient (Wildman–Crippen LogP) is 2.89. The molecule has 2 fully saturated rings. The van der Waals surface area contributed by atoms with Crippen molar-refractivity contribution < 1.29 is 156 Å². The summed E-state index contributed by atoms with van der Waals surface area (Å²) in [5.41, 5.74) is 0. The Morgan fingerprint density at radius 1 is 0.282 bits per heavy atom. The second kappa shape index (κ2) is 54.4. The summed E-state index contributed by atoms with van der Waals surface area (Å²) < 4.78 is 334. The topological polar surface area (TPSA) is 536 Å². The lowest BCUT2D eigenvalue weighted by atomic mass is 9.97. The minimum atomic E-state index is -4.31. The SMILES string of the molecule is O=S(=O)(O)CCSCCCOC[C@@H]1O[C@](COCCCSCCS(=O)(=O)O)(O[C@H]2O[C@H](COCCCSCCS(=O)(=O)O)[C@@H](OCCCSCCS(=O)(=O)O)[C@H](OCCCSCCS(=O)(=O)O)[C@H]2OCCCSCCS(=O)(=O)O)[C@H](OCCCSCCS(=O)(=O)O)[C@H]1OCCCSCCS(=O)(=O)O. The Labute approximate surface area is 642 Å². The van der Waals surface area contributed by atoms with Gasteiger partial charge in [0.15, 0.2) is 6.29 Å². The monoisotopic (exact) mass is 1800 g/mol. The van der Waals surface area contributed by atoms with E-state index in [9.17, 15) is 104 Å². The number of hydrogen-bond donors (Lipinski definition) is 8. The van der Waals surface area contributed by atoms with Gasteiger partial charge in [0.25, 0.3) is 80.9 Å². The van der Waals surface area contributed by atoms with Crippen LogP contribution in [0.5, 0.6) is 0 Å². The molecule has 0 aromatic rings. The fourth-order valence-electron chi connectivity index (χ4n) is 8.92. The molecule has 0 saturated carbocycles. The van der Waals surface area contributed by atoms with Gasteiger partial charge in [-0.2, -0.15) is 161 Å². The minimum absolute atomic E-state index is 0.0187. The molecule has 2 rings (SSSR count). The first-order valence-corrected chi connectivity index (χ1v) is 54.3. The first-order valence-electron chi connectivity index (χ1n) is 32.2. The molecule has 0 bridgehead atoms. The summed E-state index contributed by atoms with van der Waals surface area (Å²) in [6, 6.07) is 0. The van der Waals surface area contributed by atoms with Crippen molar-refractivity contribution in [2.75, 3.05) is 211 Å². The van der Waals surface area contributed by atoms with Crippen molar-refractivity contribution in [1.82, 2.24) is 0 Å². The van der Waals surface area contributed by atoms with E-state index in [1.54, 1.807) is 0 Å². The van der Waals surface area contributed by atoms with E-state index in [1.807, 2.05) is 0 Å². The van der Waals surface area contributed by atoms with Gasteiger partial charge in [-0.15, -0.1) is 0 Å². The normalized spacial score (nSPS) is 22.0. The van der Waals surface area contributed by atoms with Crippen LogP contribution in [0.2, 0.25) is 0 Å². The van der Waals surface area contributed by atoms with Crippen molar-refractivity contribution in [3.63, 3.8) is 0 Å². The molecule has 0 aromatic carbocycles. The standard InChI is InChI=1S/C52H102O35S16/c53-96(54,55)33-25-88-17-1-9-77-41-44-46(80-12-4-20-91-28-36-99(62,63)64)48(82-14-6-22-93-30-38-101(68,69)70)49(83-15-7-23-94-31-39-102(71,72)73)51(85-44)87-52(43-79-11-3-19-90-27-35-98(59,60)61)50(84-16-8-24-95-32-40-103(74,75)76)47(81-13-5-21-92-29-37-100(65,66)67)45(86-52)42-78-10-2-18-89-26-34-97(56,57)58/h44-51H,1-43H2,(H,53,54,55)(H,56,57,58)(H,59,60,61)(H,62,63,64)(H,65,66,67)(H,68,69,70)(H,71,72,73)(H,74,75,76)/t44-,45+,46-,47+,48+,49-,50-,51-,52-/m1/s1. The second-order valence-corrected chi connectivity index (χ2v) is 44.9. The third-order valence-corrected chi connectivity index (χ3v) is 29.9. The van der Waals surface area contributed by atoms with Crippen LogP contribution in [0.25, 0.3) is 0 Å². The highest BCUT2D eigenvalue weighted by molar-refractivity contribution is 8.02. The molecule has 2 aliphatic heterocycles. The zero-order valence-corrected chi connectivity index (χ0v) is 69.7. The molecule has 0 spiro atoms. The van der Waals surface area contributed by atoms with Crippen LogP contribution in [0, 0.1) is 0 Å². The van der Waals surface area contributed by atoms with Crippen LogP contribution < -0.4 is 0 Å². The summed E-state index contributed by atoms with van der Waals surface area (Å²) in [6.07, 6.45) is -7.83. The second-order valence-electron chi connectivity index (χ2n) is 22.5. The van der Waals surface area contributed by atoms with Crippen molar-refractivity contribution in [3.8, 4) is 0 Å². The molecule has 2 heterocycles. The van der Waals surface area contributed by atoms with Gasteiger partial charge in [0.1, 0.15) is 49.3 Å². The zero-order chi connectivity index (χ0) is 77.0. The molecule has 0 amide bonds. The first kappa shape index (κ1) is 101. The molecule has 0 radical (unpaired) electrons. The summed E-state index contributed by atoms with van der Waals surface area (Å²) in [5, 5.41) is 0. The summed E-state index contributed by atoms with van der Waals surface area (Å²) in [6.45, 7) is -1.28. The van der Waals surface area contributed by atoms with Gasteiger partial charge < -0.3 is 52.1 Å². The van der Waals surface area contributed by atoms with E-state index in [-0.39, 0.29) is 138 Å². The van der Waals surface area contributed by atoms with Crippen molar-refractivity contribution in [2.24, 2.45) is 0 Å². The van der Waals surface area contributed by atoms with Crippen LogP contribution in [0.3, 0.4) is 0 Å². The summed E-state index contributed by atoms with van der Waals surface area (Å²) in [7, 11) is -34.2. The van der Waals surface area contributed by atoms with Gasteiger partial charge in [-0.1, -0.05) is 0 Å². The maximum Gasteiger partial charge on any atom is 0.265 e. The number of ether oxygens (including phenoxy) is 11. The van der Waals surface area contributed by atoms with Crippen LogP contribution in [-0.2, 0) is 133 Å². The van der Waals surface area contributed by atoms with E-state index in [0.717, 1.165) is 0 Å². The Kier molecular flexibility index (Phi) is 53.2. The molecule has 0 aromatic heterocycles. The average molecular weight is 1800 g/mol. The minimum Gasteiger partial charge on any atom is -0.379 e. The zero-order valence-electron chi connectivity index (χ0n) is 56.7. The highest BCUT2D eigenvalue weighted by atomic mass is 32.3. The van der Waals surface area contributed by atoms with Crippen LogP contribution >= 0.6 is 94.1 Å². The van der Waals surface area contributed by atoms with E-state index >= 15 is 0 Å². The van der Waals surface area contributed by atoms with Gasteiger partial charge in [-0.05, 0) is 97.4 Å². The van der Waals surface area contributed by atoms with Crippen LogP contribution in [0.1, 0.15) is 51.4 Å². The Bertz CT molecular complexity index is 3220. The van der Waals surface area contributed by atoms with E-state index in [4.69, 9.17) is 52.1 Å². The fraction of sp³-hybridized carbons (Fsp3) is 1.00. The maximum absolute atomic E-state index is 11.6. The van der Waals surface area contributed by atoms with Gasteiger partial charge in [0.05, 0.1) is 59.2 Å². The third-order valence-electron chi connectivity index (χ3n) is 13.5. The number of hydrogen-bond acceptors (Lipinski definition) is 35. The van der Waals surface area contributed by atoms with E-state index in [0.29, 0.717) is 71.7 Å². The third kappa shape index (κ3) is 56.5. The van der Waals surface area contributed by atoms with Crippen molar-refractivity contribution >= 4 is 175 Å². The quantitative estimate of drug-likeness (QED) is 0.0320. The summed E-state index contributed by atoms with van der Waals surface area (Å²) in [4.78, 5) is 0. The average Bonchev–Trinajstić information content (AvgIpc) is 1.65. The molecule has 0 unspecified atom stereocenters. The van der Waals surface area contributed by atoms with E-state index in [1.165, 1.54) is 94.1 Å². The van der Waals surface area contributed by atoms with E-state index < -0.39 is 188 Å². The molecule has 2 aliphatic rings. The lowest BCUT2D eigenvalue weighted by molar-refractivity contribution is -0.395. The van der Waals surface area contributed by atoms with Crippen molar-refractivity contribution in [2.45, 2.75) is 106 Å². The number of thioether (sulfide) groups is 8. The Morgan fingerprint density at radius 2 is 0.534 bits per heavy atom. The molecule has 51 heteroatoms. The van der Waals surface area contributed by atoms with Gasteiger partial charge in [-0.25, -0.2) is 0 Å². The lowest BCUT2D eigenvalue weighted by Crippen LogP contribution is -2.65. The van der Waals surface area contributed by atoms with Crippen LogP contribution in [-0.4, -0.2) is 369 Å². The van der Waals surface area contributed by atoms with Gasteiger partial charge in [0.2, 0.25) is 5.79 Å². The molecule has 8 N–H and O–H groups in total. The highest BCUT2D eigenvalue weighted by Gasteiger charge is 2.62. The molecular formula is C52H102O35S16. The molecule has 35 nitrogen and oxygen atoms in total. The molecule has 616 valence electrons. The van der Waals surface area contributed by atoms with Gasteiger partial charge >= 0.3 is 0 Å². The maximum atomic E-state index is 11.6.